The zero-order valence-electron chi connectivity index (χ0n) is 21.6. The second-order valence-electron chi connectivity index (χ2n) is 11.1. The maximum absolute atomic E-state index is 13.5. The molecule has 2 aliphatic carbocycles. The van der Waals surface area contributed by atoms with Crippen LogP contribution in [-0.4, -0.2) is 56.7 Å². The molecule has 0 radical (unpaired) electrons. The summed E-state index contributed by atoms with van der Waals surface area (Å²) in [5, 5.41) is 24.9. The summed E-state index contributed by atoms with van der Waals surface area (Å²) in [7, 11) is 0. The number of rotatable bonds is 14. The molecular formula is C28H45N3O4. The van der Waals surface area contributed by atoms with Crippen LogP contribution in [0.15, 0.2) is 24.5 Å². The quantitative estimate of drug-likeness (QED) is 0.370. The highest BCUT2D eigenvalue weighted by molar-refractivity contribution is 5.84. The van der Waals surface area contributed by atoms with E-state index in [1.807, 2.05) is 30.9 Å². The molecule has 0 unspecified atom stereocenters. The molecule has 2 aliphatic rings. The second-order valence-corrected chi connectivity index (χ2v) is 11.1. The van der Waals surface area contributed by atoms with E-state index in [-0.39, 0.29) is 30.6 Å². The Morgan fingerprint density at radius 1 is 1.09 bits per heavy atom. The van der Waals surface area contributed by atoms with Crippen molar-refractivity contribution >= 4 is 11.8 Å². The van der Waals surface area contributed by atoms with Crippen molar-refractivity contribution in [3.8, 4) is 0 Å². The first kappa shape index (κ1) is 27.6. The summed E-state index contributed by atoms with van der Waals surface area (Å²) in [5.74, 6) is 0.919. The van der Waals surface area contributed by atoms with Crippen molar-refractivity contribution in [2.24, 2.45) is 17.8 Å². The van der Waals surface area contributed by atoms with E-state index in [9.17, 15) is 19.8 Å². The average molecular weight is 488 g/mol. The number of carbonyl (C=O) groups is 2. The lowest BCUT2D eigenvalue weighted by Crippen LogP contribution is -2.53. The minimum absolute atomic E-state index is 0.0926. The fourth-order valence-electron chi connectivity index (χ4n) is 5.25. The maximum atomic E-state index is 13.5. The van der Waals surface area contributed by atoms with Crippen molar-refractivity contribution < 1.29 is 19.8 Å². The number of nitrogens with zero attached hydrogens (tertiary/aromatic N) is 2. The van der Waals surface area contributed by atoms with Gasteiger partial charge in [0.25, 0.3) is 0 Å². The van der Waals surface area contributed by atoms with Crippen LogP contribution in [-0.2, 0) is 16.1 Å². The first-order chi connectivity index (χ1) is 16.8. The molecule has 2 saturated carbocycles. The van der Waals surface area contributed by atoms with Crippen LogP contribution in [0.3, 0.4) is 0 Å². The number of aliphatic hydroxyl groups is 2. The van der Waals surface area contributed by atoms with Crippen LogP contribution in [0.2, 0.25) is 0 Å². The van der Waals surface area contributed by atoms with Gasteiger partial charge in [-0.25, -0.2) is 0 Å². The molecule has 7 heteroatoms. The molecule has 35 heavy (non-hydrogen) atoms. The number of nitrogens with one attached hydrogen (secondary N) is 1. The first-order valence-corrected chi connectivity index (χ1v) is 13.6. The number of pyridine rings is 1. The summed E-state index contributed by atoms with van der Waals surface area (Å²) in [5.41, 5.74) is 0.914. The SMILES string of the molecule is CC(C)C[C@H](O)[C@H](O)[C@H](CC1CCCCC1)N(CC1CC1)C(=O)CCC(=O)NCc1cccnc1. The van der Waals surface area contributed by atoms with Gasteiger partial charge in [0.05, 0.1) is 12.1 Å². The van der Waals surface area contributed by atoms with E-state index in [1.165, 1.54) is 19.3 Å². The lowest BCUT2D eigenvalue weighted by atomic mass is 9.81. The summed E-state index contributed by atoms with van der Waals surface area (Å²) in [4.78, 5) is 31.8. The average Bonchev–Trinajstić information content (AvgIpc) is 3.68. The van der Waals surface area contributed by atoms with Crippen molar-refractivity contribution in [3.63, 3.8) is 0 Å². The molecule has 0 saturated heterocycles. The lowest BCUT2D eigenvalue weighted by Gasteiger charge is -2.40. The molecule has 196 valence electrons. The molecule has 3 atom stereocenters. The Balaban J connectivity index is 1.64. The van der Waals surface area contributed by atoms with E-state index in [4.69, 9.17) is 0 Å². The Kier molecular flexibility index (Phi) is 11.0. The van der Waals surface area contributed by atoms with Crippen LogP contribution in [0.25, 0.3) is 0 Å². The molecule has 3 N–H and O–H groups in total. The van der Waals surface area contributed by atoms with Crippen LogP contribution >= 0.6 is 0 Å². The fourth-order valence-corrected chi connectivity index (χ4v) is 5.25. The van der Waals surface area contributed by atoms with E-state index in [0.29, 0.717) is 31.3 Å². The Morgan fingerprint density at radius 3 is 2.46 bits per heavy atom. The predicted octanol–water partition coefficient (Wildman–Crippen LogP) is 3.82. The van der Waals surface area contributed by atoms with Crippen molar-refractivity contribution in [1.82, 2.24) is 15.2 Å². The molecule has 2 amide bonds. The van der Waals surface area contributed by atoms with Crippen LogP contribution in [0.5, 0.6) is 0 Å². The number of carbonyl (C=O) groups excluding carboxylic acids is 2. The molecule has 0 aliphatic heterocycles. The number of aromatic nitrogens is 1. The molecule has 0 aromatic carbocycles. The second kappa shape index (κ2) is 13.9. The van der Waals surface area contributed by atoms with Gasteiger partial charge in [0.15, 0.2) is 0 Å². The van der Waals surface area contributed by atoms with E-state index < -0.39 is 18.2 Å². The fraction of sp³-hybridized carbons (Fsp3) is 0.750. The third kappa shape index (κ3) is 9.53. The van der Waals surface area contributed by atoms with Crippen molar-refractivity contribution in [3.05, 3.63) is 30.1 Å². The van der Waals surface area contributed by atoms with Gasteiger partial charge in [-0.3, -0.25) is 14.6 Å². The van der Waals surface area contributed by atoms with Gasteiger partial charge >= 0.3 is 0 Å². The van der Waals surface area contributed by atoms with Crippen LogP contribution in [0.4, 0.5) is 0 Å². The third-order valence-electron chi connectivity index (χ3n) is 7.45. The lowest BCUT2D eigenvalue weighted by molar-refractivity contribution is -0.141. The van der Waals surface area contributed by atoms with Crippen molar-refractivity contribution in [2.75, 3.05) is 6.54 Å². The predicted molar refractivity (Wildman–Crippen MR) is 136 cm³/mol. The van der Waals surface area contributed by atoms with E-state index in [1.54, 1.807) is 12.4 Å². The number of hydrogen-bond acceptors (Lipinski definition) is 5. The molecule has 0 bridgehead atoms. The number of hydrogen-bond donors (Lipinski definition) is 3. The molecule has 2 fully saturated rings. The largest absolute Gasteiger partial charge is 0.390 e. The van der Waals surface area contributed by atoms with Gasteiger partial charge in [-0.2, -0.15) is 0 Å². The molecule has 3 rings (SSSR count). The van der Waals surface area contributed by atoms with Gasteiger partial charge in [0, 0.05) is 38.3 Å². The third-order valence-corrected chi connectivity index (χ3v) is 7.45. The molecular weight excluding hydrogens is 442 g/mol. The molecule has 1 heterocycles. The van der Waals surface area contributed by atoms with Gasteiger partial charge < -0.3 is 20.4 Å². The summed E-state index contributed by atoms with van der Waals surface area (Å²) >= 11 is 0. The summed E-state index contributed by atoms with van der Waals surface area (Å²) in [6.07, 6.45) is 11.1. The molecule has 0 spiro atoms. The van der Waals surface area contributed by atoms with Gasteiger partial charge in [0.1, 0.15) is 6.10 Å². The molecule has 1 aromatic rings. The van der Waals surface area contributed by atoms with Gasteiger partial charge in [-0.15, -0.1) is 0 Å². The zero-order chi connectivity index (χ0) is 25.2. The van der Waals surface area contributed by atoms with Crippen LogP contribution in [0, 0.1) is 17.8 Å². The topological polar surface area (TPSA) is 103 Å². The summed E-state index contributed by atoms with van der Waals surface area (Å²) in [6.45, 7) is 5.06. The minimum Gasteiger partial charge on any atom is -0.390 e. The highest BCUT2D eigenvalue weighted by atomic mass is 16.3. The number of aliphatic hydroxyl groups excluding tert-OH is 2. The Labute approximate surface area is 210 Å². The van der Waals surface area contributed by atoms with Crippen LogP contribution < -0.4 is 5.32 Å². The smallest absolute Gasteiger partial charge is 0.223 e. The van der Waals surface area contributed by atoms with Gasteiger partial charge in [-0.05, 0) is 55.1 Å². The van der Waals surface area contributed by atoms with E-state index >= 15 is 0 Å². The van der Waals surface area contributed by atoms with Crippen molar-refractivity contribution in [1.29, 1.82) is 0 Å². The Morgan fingerprint density at radius 2 is 1.83 bits per heavy atom. The van der Waals surface area contributed by atoms with Crippen molar-refractivity contribution in [2.45, 2.75) is 109 Å². The summed E-state index contributed by atoms with van der Waals surface area (Å²) < 4.78 is 0. The highest BCUT2D eigenvalue weighted by Gasteiger charge is 2.38. The van der Waals surface area contributed by atoms with Crippen LogP contribution in [0.1, 0.15) is 90.0 Å². The molecule has 1 aromatic heterocycles. The monoisotopic (exact) mass is 487 g/mol. The zero-order valence-corrected chi connectivity index (χ0v) is 21.6. The summed E-state index contributed by atoms with van der Waals surface area (Å²) in [6, 6.07) is 3.32. The standard InChI is InChI=1S/C28H45N3O4/c1-20(2)15-25(32)28(35)24(16-21-7-4-3-5-8-21)31(19-22-10-11-22)27(34)13-12-26(33)30-18-23-9-6-14-29-17-23/h6,9,14,17,20-22,24-25,28,32,35H,3-5,7-8,10-13,15-16,18-19H2,1-2H3,(H,30,33)/t24-,25-,28+/m0/s1. The first-order valence-electron chi connectivity index (χ1n) is 13.6. The van der Waals surface area contributed by atoms with Gasteiger partial charge in [0.2, 0.25) is 11.8 Å². The number of amides is 2. The maximum Gasteiger partial charge on any atom is 0.223 e. The van der Waals surface area contributed by atoms with Gasteiger partial charge in [-0.1, -0.05) is 52.0 Å². The van der Waals surface area contributed by atoms with E-state index in [2.05, 4.69) is 10.3 Å². The normalized spacial score (nSPS) is 19.2. The highest BCUT2D eigenvalue weighted by Crippen LogP contribution is 2.35. The van der Waals surface area contributed by atoms with E-state index in [0.717, 1.165) is 37.7 Å². The Hall–Kier alpha value is -1.99. The molecule has 7 nitrogen and oxygen atoms in total. The Bertz CT molecular complexity index is 778. The minimum atomic E-state index is -0.971.